The van der Waals surface area contributed by atoms with Gasteiger partial charge in [0.15, 0.2) is 0 Å². The standard InChI is InChI=1S/C20H22N2O2/c1-3-16-9-6-7-11-18(16)22-20(24)14-21-19(23)13-12-17-10-5-4-8-15(17)2/h4-13H,3,14H2,1-2H3,(H,21,23)(H,22,24)/b13-12+. The van der Waals surface area contributed by atoms with Crippen molar-refractivity contribution in [1.29, 1.82) is 0 Å². The normalized spacial score (nSPS) is 10.6. The fraction of sp³-hybridized carbons (Fsp3) is 0.200. The van der Waals surface area contributed by atoms with E-state index in [1.807, 2.05) is 62.4 Å². The highest BCUT2D eigenvalue weighted by Gasteiger charge is 2.06. The topological polar surface area (TPSA) is 58.2 Å². The molecule has 0 bridgehead atoms. The monoisotopic (exact) mass is 322 g/mol. The molecule has 2 rings (SSSR count). The second kappa shape index (κ2) is 8.67. The number of rotatable bonds is 6. The molecule has 0 atom stereocenters. The Bertz CT molecular complexity index is 751. The number of hydrogen-bond donors (Lipinski definition) is 2. The Labute approximate surface area is 142 Å². The Balaban J connectivity index is 1.85. The van der Waals surface area contributed by atoms with Gasteiger partial charge in [-0.2, -0.15) is 0 Å². The summed E-state index contributed by atoms with van der Waals surface area (Å²) in [5, 5.41) is 5.41. The van der Waals surface area contributed by atoms with E-state index in [9.17, 15) is 9.59 Å². The molecule has 0 fully saturated rings. The van der Waals surface area contributed by atoms with Gasteiger partial charge in [-0.3, -0.25) is 9.59 Å². The number of carbonyl (C=O) groups excluding carboxylic acids is 2. The van der Waals surface area contributed by atoms with Crippen LogP contribution < -0.4 is 10.6 Å². The molecule has 2 amide bonds. The molecule has 0 aliphatic rings. The smallest absolute Gasteiger partial charge is 0.244 e. The first-order valence-corrected chi connectivity index (χ1v) is 7.99. The molecule has 0 aromatic heterocycles. The van der Waals surface area contributed by atoms with Crippen molar-refractivity contribution in [2.75, 3.05) is 11.9 Å². The van der Waals surface area contributed by atoms with Gasteiger partial charge in [0.25, 0.3) is 0 Å². The summed E-state index contributed by atoms with van der Waals surface area (Å²) in [7, 11) is 0. The summed E-state index contributed by atoms with van der Waals surface area (Å²) in [4.78, 5) is 23.8. The maximum atomic E-state index is 12.0. The minimum atomic E-state index is -0.294. The van der Waals surface area contributed by atoms with E-state index in [0.717, 1.165) is 28.8 Å². The van der Waals surface area contributed by atoms with Crippen LogP contribution in [0.1, 0.15) is 23.6 Å². The number of benzene rings is 2. The van der Waals surface area contributed by atoms with E-state index in [0.29, 0.717) is 0 Å². The molecule has 0 saturated carbocycles. The fourth-order valence-corrected chi connectivity index (χ4v) is 2.31. The number of hydrogen-bond acceptors (Lipinski definition) is 2. The zero-order valence-electron chi connectivity index (χ0n) is 14.0. The Morgan fingerprint density at radius 1 is 1.04 bits per heavy atom. The number of amides is 2. The molecule has 2 aromatic rings. The first-order valence-electron chi connectivity index (χ1n) is 7.99. The largest absolute Gasteiger partial charge is 0.343 e. The van der Waals surface area contributed by atoms with Crippen LogP contribution in [0.4, 0.5) is 5.69 Å². The highest BCUT2D eigenvalue weighted by Crippen LogP contribution is 2.15. The van der Waals surface area contributed by atoms with Crippen LogP contribution in [0.3, 0.4) is 0 Å². The van der Waals surface area contributed by atoms with E-state index < -0.39 is 0 Å². The number of para-hydroxylation sites is 1. The lowest BCUT2D eigenvalue weighted by molar-refractivity contribution is -0.121. The van der Waals surface area contributed by atoms with Gasteiger partial charge in [0.05, 0.1) is 6.54 Å². The van der Waals surface area contributed by atoms with Gasteiger partial charge >= 0.3 is 0 Å². The molecule has 0 saturated heterocycles. The van der Waals surface area contributed by atoms with E-state index in [4.69, 9.17) is 0 Å². The zero-order valence-corrected chi connectivity index (χ0v) is 14.0. The Morgan fingerprint density at radius 3 is 2.50 bits per heavy atom. The summed E-state index contributed by atoms with van der Waals surface area (Å²) >= 11 is 0. The van der Waals surface area contributed by atoms with Crippen molar-refractivity contribution in [2.24, 2.45) is 0 Å². The quantitative estimate of drug-likeness (QED) is 0.802. The van der Waals surface area contributed by atoms with Crippen molar-refractivity contribution in [1.82, 2.24) is 5.32 Å². The Hall–Kier alpha value is -2.88. The van der Waals surface area contributed by atoms with E-state index in [1.54, 1.807) is 6.08 Å². The van der Waals surface area contributed by atoms with Crippen LogP contribution in [0.15, 0.2) is 54.6 Å². The summed E-state index contributed by atoms with van der Waals surface area (Å²) < 4.78 is 0. The van der Waals surface area contributed by atoms with Gasteiger partial charge in [-0.25, -0.2) is 0 Å². The highest BCUT2D eigenvalue weighted by molar-refractivity contribution is 5.98. The Morgan fingerprint density at radius 2 is 1.75 bits per heavy atom. The minimum Gasteiger partial charge on any atom is -0.343 e. The third kappa shape index (κ3) is 5.09. The van der Waals surface area contributed by atoms with Crippen molar-refractivity contribution in [3.8, 4) is 0 Å². The summed E-state index contributed by atoms with van der Waals surface area (Å²) in [6.45, 7) is 3.95. The fourth-order valence-electron chi connectivity index (χ4n) is 2.31. The molecule has 0 aliphatic carbocycles. The Kier molecular flexibility index (Phi) is 6.32. The zero-order chi connectivity index (χ0) is 17.4. The average Bonchev–Trinajstić information content (AvgIpc) is 2.59. The SMILES string of the molecule is CCc1ccccc1NC(=O)CNC(=O)/C=C/c1ccccc1C. The molecule has 2 N–H and O–H groups in total. The number of carbonyl (C=O) groups is 2. The lowest BCUT2D eigenvalue weighted by Gasteiger charge is -2.09. The van der Waals surface area contributed by atoms with E-state index in [2.05, 4.69) is 10.6 Å². The number of nitrogens with one attached hydrogen (secondary N) is 2. The predicted octanol–water partition coefficient (Wildman–Crippen LogP) is 3.33. The van der Waals surface area contributed by atoms with Crippen molar-refractivity contribution < 1.29 is 9.59 Å². The molecule has 0 unspecified atom stereocenters. The molecule has 0 aliphatic heterocycles. The van der Waals surface area contributed by atoms with E-state index in [1.165, 1.54) is 6.08 Å². The summed E-state index contributed by atoms with van der Waals surface area (Å²) in [5.41, 5.74) is 3.93. The lowest BCUT2D eigenvalue weighted by atomic mass is 10.1. The van der Waals surface area contributed by atoms with Crippen LogP contribution in [0, 0.1) is 6.92 Å². The van der Waals surface area contributed by atoms with E-state index >= 15 is 0 Å². The first-order chi connectivity index (χ1) is 11.6. The van der Waals surface area contributed by atoms with Crippen molar-refractivity contribution >= 4 is 23.6 Å². The van der Waals surface area contributed by atoms with Crippen LogP contribution in [0.2, 0.25) is 0 Å². The molecule has 0 spiro atoms. The molecular weight excluding hydrogens is 300 g/mol. The van der Waals surface area contributed by atoms with Gasteiger partial charge in [0.2, 0.25) is 11.8 Å². The summed E-state index contributed by atoms with van der Waals surface area (Å²) in [5.74, 6) is -0.536. The first kappa shape index (κ1) is 17.5. The van der Waals surface area contributed by atoms with Crippen LogP contribution >= 0.6 is 0 Å². The highest BCUT2D eigenvalue weighted by atomic mass is 16.2. The molecule has 4 heteroatoms. The molecular formula is C20H22N2O2. The van der Waals surface area contributed by atoms with Crippen molar-refractivity contribution in [2.45, 2.75) is 20.3 Å². The molecule has 0 radical (unpaired) electrons. The molecule has 4 nitrogen and oxygen atoms in total. The molecule has 2 aromatic carbocycles. The van der Waals surface area contributed by atoms with Crippen LogP contribution in [-0.4, -0.2) is 18.4 Å². The molecule has 124 valence electrons. The van der Waals surface area contributed by atoms with Crippen LogP contribution in [0.5, 0.6) is 0 Å². The third-order valence-corrected chi connectivity index (χ3v) is 3.70. The summed E-state index contributed by atoms with van der Waals surface area (Å²) in [6.07, 6.45) is 4.02. The summed E-state index contributed by atoms with van der Waals surface area (Å²) in [6, 6.07) is 15.4. The van der Waals surface area contributed by atoms with Gasteiger partial charge in [0, 0.05) is 11.8 Å². The van der Waals surface area contributed by atoms with Gasteiger partial charge in [-0.05, 0) is 42.2 Å². The molecule has 0 heterocycles. The molecule has 24 heavy (non-hydrogen) atoms. The lowest BCUT2D eigenvalue weighted by Crippen LogP contribution is -2.31. The van der Waals surface area contributed by atoms with E-state index in [-0.39, 0.29) is 18.4 Å². The number of aryl methyl sites for hydroxylation is 2. The maximum Gasteiger partial charge on any atom is 0.244 e. The van der Waals surface area contributed by atoms with Crippen molar-refractivity contribution in [3.05, 3.63) is 71.3 Å². The second-order valence-corrected chi connectivity index (χ2v) is 5.47. The van der Waals surface area contributed by atoms with Gasteiger partial charge < -0.3 is 10.6 Å². The third-order valence-electron chi connectivity index (χ3n) is 3.70. The van der Waals surface area contributed by atoms with Gasteiger partial charge in [-0.15, -0.1) is 0 Å². The average molecular weight is 322 g/mol. The van der Waals surface area contributed by atoms with Gasteiger partial charge in [-0.1, -0.05) is 49.4 Å². The second-order valence-electron chi connectivity index (χ2n) is 5.47. The minimum absolute atomic E-state index is 0.0605. The predicted molar refractivity (Wildman–Crippen MR) is 97.7 cm³/mol. The van der Waals surface area contributed by atoms with Crippen molar-refractivity contribution in [3.63, 3.8) is 0 Å². The maximum absolute atomic E-state index is 12.0. The van der Waals surface area contributed by atoms with Crippen LogP contribution in [-0.2, 0) is 16.0 Å². The van der Waals surface area contributed by atoms with Gasteiger partial charge in [0.1, 0.15) is 0 Å². The number of anilines is 1. The van der Waals surface area contributed by atoms with Crippen LogP contribution in [0.25, 0.3) is 6.08 Å².